The van der Waals surface area contributed by atoms with Crippen molar-refractivity contribution in [3.8, 4) is 0 Å². The Morgan fingerprint density at radius 1 is 1.05 bits per heavy atom. The van der Waals surface area contributed by atoms with Crippen molar-refractivity contribution in [2.45, 2.75) is 11.8 Å². The molecule has 0 aliphatic carbocycles. The van der Waals surface area contributed by atoms with E-state index in [4.69, 9.17) is 16.8 Å². The molecule has 4 nitrogen and oxygen atoms in total. The Morgan fingerprint density at radius 3 is 2.10 bits per heavy atom. The summed E-state index contributed by atoms with van der Waals surface area (Å²) < 4.78 is 24.9. The Balaban J connectivity index is 2.51. The number of hydrogen-bond acceptors (Lipinski definition) is 4. The molecule has 0 heterocycles. The first-order chi connectivity index (χ1) is 9.45. The summed E-state index contributed by atoms with van der Waals surface area (Å²) in [6.07, 6.45) is 0. The zero-order valence-corrected chi connectivity index (χ0v) is 12.2. The topological polar surface area (TPSA) is 66.7 Å². The predicted octanol–water partition coefficient (Wildman–Crippen LogP) is 3.26. The number of rotatable bonds is 2. The van der Waals surface area contributed by atoms with E-state index in [9.17, 15) is 8.42 Å². The van der Waals surface area contributed by atoms with Gasteiger partial charge in [0.1, 0.15) is 0 Å². The number of hydrogen-bond donors (Lipinski definition) is 1. The molecule has 0 spiro atoms. The van der Waals surface area contributed by atoms with E-state index in [1.54, 1.807) is 12.1 Å². The number of sulfone groups is 1. The molecule has 0 unspecified atom stereocenters. The lowest BCUT2D eigenvalue weighted by molar-refractivity contribution is 0.320. The second-order valence-electron chi connectivity index (χ2n) is 4.23. The Kier molecular flexibility index (Phi) is 4.11. The molecule has 0 radical (unpaired) electrons. The molecule has 0 atom stereocenters. The molecule has 0 saturated carbocycles. The van der Waals surface area contributed by atoms with Gasteiger partial charge in [0, 0.05) is 10.6 Å². The van der Waals surface area contributed by atoms with Crippen molar-refractivity contribution < 1.29 is 13.6 Å². The maximum atomic E-state index is 12.4. The zero-order valence-electron chi connectivity index (χ0n) is 10.6. The van der Waals surface area contributed by atoms with Crippen molar-refractivity contribution in [3.63, 3.8) is 0 Å². The van der Waals surface area contributed by atoms with Crippen LogP contribution in [0.3, 0.4) is 0 Å². The van der Waals surface area contributed by atoms with Crippen LogP contribution in [0.5, 0.6) is 0 Å². The molecule has 0 fully saturated rings. The van der Waals surface area contributed by atoms with E-state index in [1.165, 1.54) is 36.4 Å². The third-order valence-electron chi connectivity index (χ3n) is 2.77. The Morgan fingerprint density at radius 2 is 1.60 bits per heavy atom. The summed E-state index contributed by atoms with van der Waals surface area (Å²) in [5.41, 5.74) is 1.22. The summed E-state index contributed by atoms with van der Waals surface area (Å²) in [5, 5.41) is 12.1. The van der Waals surface area contributed by atoms with Gasteiger partial charge in [-0.3, -0.25) is 0 Å². The maximum absolute atomic E-state index is 12.4. The lowest BCUT2D eigenvalue weighted by atomic mass is 10.2. The van der Waals surface area contributed by atoms with Gasteiger partial charge in [-0.05, 0) is 31.2 Å². The standard InChI is InChI=1S/C14H12ClNO3S/c1-10-2-8-13(9-3-10)20(18,19)14(16-17)11-4-6-12(15)7-5-11/h2-9,17H,1H3/b16-14-. The third kappa shape index (κ3) is 2.84. The molecule has 2 rings (SSSR count). The van der Waals surface area contributed by atoms with Gasteiger partial charge >= 0.3 is 0 Å². The van der Waals surface area contributed by atoms with Crippen LogP contribution in [0, 0.1) is 6.92 Å². The quantitative estimate of drug-likeness (QED) is 0.401. The van der Waals surface area contributed by atoms with Crippen molar-refractivity contribution in [2.75, 3.05) is 0 Å². The summed E-state index contributed by atoms with van der Waals surface area (Å²) in [6, 6.07) is 12.4. The van der Waals surface area contributed by atoms with Crippen LogP contribution in [0.25, 0.3) is 0 Å². The first-order valence-corrected chi connectivity index (χ1v) is 7.61. The van der Waals surface area contributed by atoms with Gasteiger partial charge < -0.3 is 5.21 Å². The first kappa shape index (κ1) is 14.6. The van der Waals surface area contributed by atoms with Crippen LogP contribution >= 0.6 is 11.6 Å². The number of aryl methyl sites for hydroxylation is 1. The van der Waals surface area contributed by atoms with E-state index in [-0.39, 0.29) is 10.5 Å². The van der Waals surface area contributed by atoms with Crippen molar-refractivity contribution in [3.05, 3.63) is 64.7 Å². The molecular weight excluding hydrogens is 298 g/mol. The normalized spacial score (nSPS) is 12.4. The fourth-order valence-corrected chi connectivity index (χ4v) is 3.09. The van der Waals surface area contributed by atoms with E-state index in [0.717, 1.165) is 5.56 Å². The van der Waals surface area contributed by atoms with Crippen molar-refractivity contribution in [1.82, 2.24) is 0 Å². The number of nitrogens with zero attached hydrogens (tertiary/aromatic N) is 1. The molecule has 0 saturated heterocycles. The minimum atomic E-state index is -3.88. The molecule has 0 aliphatic heterocycles. The highest BCUT2D eigenvalue weighted by Crippen LogP contribution is 2.19. The van der Waals surface area contributed by atoms with Gasteiger partial charge in [-0.25, -0.2) is 8.42 Å². The molecule has 0 aliphatic rings. The minimum Gasteiger partial charge on any atom is -0.410 e. The summed E-state index contributed by atoms with van der Waals surface area (Å²) in [6.45, 7) is 1.86. The van der Waals surface area contributed by atoms with Gasteiger partial charge in [0.2, 0.25) is 14.9 Å². The Bertz CT molecular complexity index is 735. The summed E-state index contributed by atoms with van der Waals surface area (Å²) in [7, 11) is -3.88. The molecule has 2 aromatic rings. The monoisotopic (exact) mass is 309 g/mol. The van der Waals surface area contributed by atoms with E-state index < -0.39 is 14.9 Å². The highest BCUT2D eigenvalue weighted by molar-refractivity contribution is 8.07. The fraction of sp³-hybridized carbons (Fsp3) is 0.0714. The molecule has 0 aromatic heterocycles. The largest absolute Gasteiger partial charge is 0.410 e. The van der Waals surface area contributed by atoms with Gasteiger partial charge in [0.25, 0.3) is 0 Å². The first-order valence-electron chi connectivity index (χ1n) is 5.75. The van der Waals surface area contributed by atoms with Crippen LogP contribution in [0.1, 0.15) is 11.1 Å². The second kappa shape index (κ2) is 5.64. The zero-order chi connectivity index (χ0) is 14.8. The lowest BCUT2D eigenvalue weighted by Gasteiger charge is -2.07. The van der Waals surface area contributed by atoms with Crippen LogP contribution in [-0.4, -0.2) is 18.7 Å². The third-order valence-corrected chi connectivity index (χ3v) is 4.74. The molecule has 6 heteroatoms. The van der Waals surface area contributed by atoms with Crippen LogP contribution in [0.15, 0.2) is 58.6 Å². The number of oxime groups is 1. The molecule has 20 heavy (non-hydrogen) atoms. The Hall–Kier alpha value is -1.85. The smallest absolute Gasteiger partial charge is 0.227 e. The van der Waals surface area contributed by atoms with Gasteiger partial charge in [0.15, 0.2) is 0 Å². The molecule has 0 bridgehead atoms. The summed E-state index contributed by atoms with van der Waals surface area (Å²) >= 11 is 5.76. The highest BCUT2D eigenvalue weighted by atomic mass is 35.5. The number of benzene rings is 2. The average Bonchev–Trinajstić information content (AvgIpc) is 2.42. The Labute approximate surface area is 122 Å². The molecule has 1 N–H and O–H groups in total. The van der Waals surface area contributed by atoms with Gasteiger partial charge in [0.05, 0.1) is 4.90 Å². The van der Waals surface area contributed by atoms with E-state index in [0.29, 0.717) is 5.02 Å². The second-order valence-corrected chi connectivity index (χ2v) is 6.53. The van der Waals surface area contributed by atoms with Crippen LogP contribution in [0.2, 0.25) is 5.02 Å². The van der Waals surface area contributed by atoms with Crippen LogP contribution < -0.4 is 0 Å². The van der Waals surface area contributed by atoms with E-state index in [2.05, 4.69) is 5.16 Å². The van der Waals surface area contributed by atoms with Crippen molar-refractivity contribution in [2.24, 2.45) is 5.16 Å². The van der Waals surface area contributed by atoms with Gasteiger partial charge in [-0.1, -0.05) is 46.6 Å². The van der Waals surface area contributed by atoms with E-state index >= 15 is 0 Å². The lowest BCUT2D eigenvalue weighted by Crippen LogP contribution is -2.16. The SMILES string of the molecule is Cc1ccc(S(=O)(=O)/C(=N\O)c2ccc(Cl)cc2)cc1. The molecule has 2 aromatic carbocycles. The molecule has 104 valence electrons. The highest BCUT2D eigenvalue weighted by Gasteiger charge is 2.24. The van der Waals surface area contributed by atoms with Crippen LogP contribution in [-0.2, 0) is 9.84 Å². The fourth-order valence-electron chi connectivity index (χ4n) is 1.69. The van der Waals surface area contributed by atoms with Gasteiger partial charge in [-0.15, -0.1) is 0 Å². The minimum absolute atomic E-state index is 0.0749. The van der Waals surface area contributed by atoms with E-state index in [1.807, 2.05) is 6.92 Å². The maximum Gasteiger partial charge on any atom is 0.227 e. The number of halogens is 1. The van der Waals surface area contributed by atoms with Crippen LogP contribution in [0.4, 0.5) is 0 Å². The molecule has 0 amide bonds. The van der Waals surface area contributed by atoms with Crippen molar-refractivity contribution in [1.29, 1.82) is 0 Å². The predicted molar refractivity (Wildman–Crippen MR) is 78.1 cm³/mol. The van der Waals surface area contributed by atoms with Crippen molar-refractivity contribution >= 4 is 26.5 Å². The average molecular weight is 310 g/mol. The summed E-state index contributed by atoms with van der Waals surface area (Å²) in [5.74, 6) is 0. The molecular formula is C14H12ClNO3S. The van der Waals surface area contributed by atoms with Gasteiger partial charge in [-0.2, -0.15) is 0 Å². The summed E-state index contributed by atoms with van der Waals surface area (Å²) in [4.78, 5) is 0.0749.